The van der Waals surface area contributed by atoms with Gasteiger partial charge in [-0.05, 0) is 19.9 Å². The molecule has 0 spiro atoms. The van der Waals surface area contributed by atoms with Gasteiger partial charge >= 0.3 is 0 Å². The van der Waals surface area contributed by atoms with E-state index in [1.165, 1.54) is 11.0 Å². The highest BCUT2D eigenvalue weighted by Crippen LogP contribution is 2.27. The molecule has 0 saturated heterocycles. The standard InChI is InChI=1S/C14H17N5O2/c1-3-18(4-2)6-5-17-13-7-11(9-15)12(10-16)8-14(13)19(20)21/h7-8,17H,3-6H2,1-2H3/p+1. The second-order valence-corrected chi connectivity index (χ2v) is 4.53. The van der Waals surface area contributed by atoms with Crippen LogP contribution in [0.3, 0.4) is 0 Å². The molecule has 110 valence electrons. The third-order valence-electron chi connectivity index (χ3n) is 3.37. The minimum Gasteiger partial charge on any atom is -0.374 e. The maximum absolute atomic E-state index is 11.1. The van der Waals surface area contributed by atoms with Crippen molar-refractivity contribution in [2.24, 2.45) is 0 Å². The van der Waals surface area contributed by atoms with Crippen molar-refractivity contribution in [2.75, 3.05) is 31.5 Å². The Balaban J connectivity index is 2.98. The average Bonchev–Trinajstić information content (AvgIpc) is 2.50. The number of quaternary nitrogens is 1. The molecule has 0 heterocycles. The molecule has 0 saturated carbocycles. The second-order valence-electron chi connectivity index (χ2n) is 4.53. The van der Waals surface area contributed by atoms with Crippen LogP contribution >= 0.6 is 0 Å². The Morgan fingerprint density at radius 2 is 1.81 bits per heavy atom. The first-order valence-corrected chi connectivity index (χ1v) is 6.77. The molecule has 0 radical (unpaired) electrons. The van der Waals surface area contributed by atoms with Crippen LogP contribution in [0.4, 0.5) is 11.4 Å². The van der Waals surface area contributed by atoms with Crippen LogP contribution in [0.15, 0.2) is 12.1 Å². The minimum atomic E-state index is -0.547. The molecule has 0 amide bonds. The molecule has 1 aromatic rings. The van der Waals surface area contributed by atoms with Crippen LogP contribution in [0, 0.1) is 32.8 Å². The molecule has 0 bridgehead atoms. The van der Waals surface area contributed by atoms with E-state index in [9.17, 15) is 10.1 Å². The summed E-state index contributed by atoms with van der Waals surface area (Å²) in [5, 5.41) is 32.0. The molecule has 2 N–H and O–H groups in total. The van der Waals surface area contributed by atoms with E-state index in [0.717, 1.165) is 25.7 Å². The van der Waals surface area contributed by atoms with E-state index in [2.05, 4.69) is 19.2 Å². The summed E-state index contributed by atoms with van der Waals surface area (Å²) in [7, 11) is 0. The molecule has 1 rings (SSSR count). The molecule has 21 heavy (non-hydrogen) atoms. The summed E-state index contributed by atoms with van der Waals surface area (Å²) in [6, 6.07) is 6.20. The van der Waals surface area contributed by atoms with E-state index in [-0.39, 0.29) is 22.5 Å². The van der Waals surface area contributed by atoms with Gasteiger partial charge in [-0.15, -0.1) is 0 Å². The summed E-state index contributed by atoms with van der Waals surface area (Å²) in [6.07, 6.45) is 0. The van der Waals surface area contributed by atoms with Crippen molar-refractivity contribution in [1.82, 2.24) is 0 Å². The number of nitriles is 2. The molecule has 0 aliphatic carbocycles. The van der Waals surface area contributed by atoms with E-state index < -0.39 is 4.92 Å². The van der Waals surface area contributed by atoms with Crippen molar-refractivity contribution >= 4 is 11.4 Å². The summed E-state index contributed by atoms with van der Waals surface area (Å²) in [5.41, 5.74) is 0.257. The first kappa shape index (κ1) is 16.4. The van der Waals surface area contributed by atoms with Crippen molar-refractivity contribution in [1.29, 1.82) is 10.5 Å². The van der Waals surface area contributed by atoms with Crippen molar-refractivity contribution in [3.05, 3.63) is 33.4 Å². The highest BCUT2D eigenvalue weighted by Gasteiger charge is 2.18. The molecular weight excluding hydrogens is 270 g/mol. The normalized spacial score (nSPS) is 9.95. The zero-order chi connectivity index (χ0) is 15.8. The van der Waals surface area contributed by atoms with Crippen LogP contribution in [0.1, 0.15) is 25.0 Å². The maximum atomic E-state index is 11.1. The van der Waals surface area contributed by atoms with Crippen molar-refractivity contribution in [2.45, 2.75) is 13.8 Å². The number of anilines is 1. The fourth-order valence-electron chi connectivity index (χ4n) is 2.04. The SMILES string of the molecule is CC[NH+](CC)CCNc1cc(C#N)c(C#N)cc1[N+](=O)[O-]. The van der Waals surface area contributed by atoms with Gasteiger partial charge in [0.15, 0.2) is 0 Å². The van der Waals surface area contributed by atoms with Crippen LogP contribution in [0.2, 0.25) is 0 Å². The molecule has 7 nitrogen and oxygen atoms in total. The molecule has 1 aromatic carbocycles. The van der Waals surface area contributed by atoms with E-state index in [4.69, 9.17) is 10.5 Å². The number of nitrogens with one attached hydrogen (secondary N) is 2. The predicted molar refractivity (Wildman–Crippen MR) is 77.9 cm³/mol. The highest BCUT2D eigenvalue weighted by atomic mass is 16.6. The molecule has 0 atom stereocenters. The Bertz CT molecular complexity index is 597. The quantitative estimate of drug-likeness (QED) is 0.566. The number of nitrogens with zero attached hydrogens (tertiary/aromatic N) is 3. The minimum absolute atomic E-state index is 0.0177. The van der Waals surface area contributed by atoms with Crippen LogP contribution in [0.5, 0.6) is 0 Å². The summed E-state index contributed by atoms with van der Waals surface area (Å²) < 4.78 is 0. The first-order chi connectivity index (χ1) is 10.1. The summed E-state index contributed by atoms with van der Waals surface area (Å²) in [4.78, 5) is 11.9. The van der Waals surface area contributed by atoms with E-state index >= 15 is 0 Å². The molecule has 0 aliphatic rings. The molecule has 0 aliphatic heterocycles. The van der Waals surface area contributed by atoms with E-state index in [1.54, 1.807) is 6.07 Å². The number of hydrogen-bond acceptors (Lipinski definition) is 5. The van der Waals surface area contributed by atoms with Crippen LogP contribution in [-0.2, 0) is 0 Å². The van der Waals surface area contributed by atoms with E-state index in [0.29, 0.717) is 6.54 Å². The monoisotopic (exact) mass is 288 g/mol. The van der Waals surface area contributed by atoms with Gasteiger partial charge in [0, 0.05) is 6.07 Å². The number of nitro groups is 1. The van der Waals surface area contributed by atoms with Gasteiger partial charge in [-0.3, -0.25) is 10.1 Å². The number of rotatable bonds is 7. The lowest BCUT2D eigenvalue weighted by Gasteiger charge is -2.16. The van der Waals surface area contributed by atoms with Gasteiger partial charge in [0.05, 0.1) is 42.2 Å². The first-order valence-electron chi connectivity index (χ1n) is 6.77. The largest absolute Gasteiger partial charge is 0.374 e. The van der Waals surface area contributed by atoms with Gasteiger partial charge in [-0.1, -0.05) is 0 Å². The Labute approximate surface area is 123 Å². The van der Waals surface area contributed by atoms with Gasteiger partial charge in [0.25, 0.3) is 5.69 Å². The van der Waals surface area contributed by atoms with Gasteiger partial charge in [0.2, 0.25) is 0 Å². The zero-order valence-corrected chi connectivity index (χ0v) is 12.1. The predicted octanol–water partition coefficient (Wildman–Crippen LogP) is 0.675. The summed E-state index contributed by atoms with van der Waals surface area (Å²) >= 11 is 0. The third kappa shape index (κ3) is 4.16. The summed E-state index contributed by atoms with van der Waals surface area (Å²) in [5.74, 6) is 0. The number of nitro benzene ring substituents is 1. The lowest BCUT2D eigenvalue weighted by Crippen LogP contribution is -3.12. The zero-order valence-electron chi connectivity index (χ0n) is 12.1. The van der Waals surface area contributed by atoms with Crippen LogP contribution < -0.4 is 10.2 Å². The molecule has 0 fully saturated rings. The topological polar surface area (TPSA) is 107 Å². The molecular formula is C14H18N5O2+. The lowest BCUT2D eigenvalue weighted by molar-refractivity contribution is -0.894. The Morgan fingerprint density at radius 1 is 1.24 bits per heavy atom. The molecule has 0 unspecified atom stereocenters. The van der Waals surface area contributed by atoms with Gasteiger partial charge in [-0.25, -0.2) is 0 Å². The Morgan fingerprint density at radius 3 is 2.29 bits per heavy atom. The van der Waals surface area contributed by atoms with Gasteiger partial charge in [0.1, 0.15) is 17.8 Å². The average molecular weight is 288 g/mol. The molecule has 7 heteroatoms. The smallest absolute Gasteiger partial charge is 0.293 e. The number of likely N-dealkylation sites (N-methyl/N-ethyl adjacent to an activating group) is 1. The lowest BCUT2D eigenvalue weighted by atomic mass is 10.1. The fourth-order valence-corrected chi connectivity index (χ4v) is 2.04. The second kappa shape index (κ2) is 7.83. The van der Waals surface area contributed by atoms with Gasteiger partial charge in [-0.2, -0.15) is 10.5 Å². The number of benzene rings is 1. The Kier molecular flexibility index (Phi) is 6.12. The Hall–Kier alpha value is -2.64. The van der Waals surface area contributed by atoms with Crippen LogP contribution in [-0.4, -0.2) is 31.1 Å². The van der Waals surface area contributed by atoms with E-state index in [1.807, 2.05) is 6.07 Å². The number of hydrogen-bond donors (Lipinski definition) is 2. The highest BCUT2D eigenvalue weighted by molar-refractivity contribution is 5.68. The summed E-state index contributed by atoms with van der Waals surface area (Å²) in [6.45, 7) is 7.52. The van der Waals surface area contributed by atoms with Crippen molar-refractivity contribution in [3.63, 3.8) is 0 Å². The van der Waals surface area contributed by atoms with Gasteiger partial charge < -0.3 is 10.2 Å². The fraction of sp³-hybridized carbons (Fsp3) is 0.429. The maximum Gasteiger partial charge on any atom is 0.293 e. The van der Waals surface area contributed by atoms with Crippen molar-refractivity contribution < 1.29 is 9.82 Å². The third-order valence-corrected chi connectivity index (χ3v) is 3.37. The van der Waals surface area contributed by atoms with Crippen molar-refractivity contribution in [3.8, 4) is 12.1 Å². The molecule has 0 aromatic heterocycles. The van der Waals surface area contributed by atoms with Crippen LogP contribution in [0.25, 0.3) is 0 Å².